The lowest BCUT2D eigenvalue weighted by Gasteiger charge is -2.09. The Morgan fingerprint density at radius 2 is 1.57 bits per heavy atom. The molecule has 3 nitrogen and oxygen atoms in total. The monoisotopic (exact) mass is 297 g/mol. The summed E-state index contributed by atoms with van der Waals surface area (Å²) in [4.78, 5) is 13.5. The highest BCUT2D eigenvalue weighted by Gasteiger charge is 2.02. The van der Waals surface area contributed by atoms with Gasteiger partial charge in [0, 0.05) is 13.0 Å². The van der Waals surface area contributed by atoms with Crippen LogP contribution in [0, 0.1) is 0 Å². The number of hydrogen-bond acceptors (Lipinski definition) is 3. The lowest BCUT2D eigenvalue weighted by molar-refractivity contribution is -0.144. The summed E-state index contributed by atoms with van der Waals surface area (Å²) in [5, 5.41) is 0. The standard InChI is InChI=1S/C18H35NO2/c1-4-5-6-7-8-9-10-11-12-13-14-15-18(20)21-17-16-19(2)3/h7-8H,4-6,9-17H2,1-3H3/b8-7+. The van der Waals surface area contributed by atoms with Gasteiger partial charge in [0.25, 0.3) is 0 Å². The van der Waals surface area contributed by atoms with Gasteiger partial charge in [-0.15, -0.1) is 0 Å². The molecule has 0 spiro atoms. The normalized spacial score (nSPS) is 11.4. The van der Waals surface area contributed by atoms with Crippen molar-refractivity contribution in [1.29, 1.82) is 0 Å². The summed E-state index contributed by atoms with van der Waals surface area (Å²) >= 11 is 0. The van der Waals surface area contributed by atoms with Gasteiger partial charge in [0.15, 0.2) is 0 Å². The van der Waals surface area contributed by atoms with E-state index in [0.717, 1.165) is 19.4 Å². The third-order valence-corrected chi connectivity index (χ3v) is 3.44. The van der Waals surface area contributed by atoms with E-state index >= 15 is 0 Å². The van der Waals surface area contributed by atoms with E-state index in [2.05, 4.69) is 19.1 Å². The van der Waals surface area contributed by atoms with Crippen LogP contribution in [0.25, 0.3) is 0 Å². The molecular weight excluding hydrogens is 262 g/mol. The van der Waals surface area contributed by atoms with Gasteiger partial charge in [-0.2, -0.15) is 0 Å². The van der Waals surface area contributed by atoms with Crippen LogP contribution in [-0.4, -0.2) is 38.1 Å². The number of nitrogens with zero attached hydrogens (tertiary/aromatic N) is 1. The molecular formula is C18H35NO2. The smallest absolute Gasteiger partial charge is 0.305 e. The maximum atomic E-state index is 11.4. The highest BCUT2D eigenvalue weighted by atomic mass is 16.5. The fourth-order valence-electron chi connectivity index (χ4n) is 2.03. The highest BCUT2D eigenvalue weighted by Crippen LogP contribution is 2.08. The van der Waals surface area contributed by atoms with E-state index in [9.17, 15) is 4.79 Å². The summed E-state index contributed by atoms with van der Waals surface area (Å²) in [5.74, 6) is -0.0456. The van der Waals surface area contributed by atoms with Crippen molar-refractivity contribution in [2.45, 2.75) is 71.1 Å². The molecule has 0 saturated carbocycles. The molecule has 0 rings (SSSR count). The zero-order valence-corrected chi connectivity index (χ0v) is 14.4. The molecule has 0 saturated heterocycles. The van der Waals surface area contributed by atoms with E-state index in [1.165, 1.54) is 44.9 Å². The largest absolute Gasteiger partial charge is 0.464 e. The number of rotatable bonds is 14. The van der Waals surface area contributed by atoms with E-state index < -0.39 is 0 Å². The number of unbranched alkanes of at least 4 members (excludes halogenated alkanes) is 7. The van der Waals surface area contributed by atoms with Crippen molar-refractivity contribution in [3.63, 3.8) is 0 Å². The van der Waals surface area contributed by atoms with Gasteiger partial charge in [0.2, 0.25) is 0 Å². The Balaban J connectivity index is 3.21. The van der Waals surface area contributed by atoms with Crippen LogP contribution in [0.15, 0.2) is 12.2 Å². The van der Waals surface area contributed by atoms with Crippen LogP contribution in [0.3, 0.4) is 0 Å². The Hall–Kier alpha value is -0.830. The van der Waals surface area contributed by atoms with E-state index in [4.69, 9.17) is 4.74 Å². The Bertz CT molecular complexity index is 262. The van der Waals surface area contributed by atoms with Crippen LogP contribution in [-0.2, 0) is 9.53 Å². The molecule has 0 aliphatic rings. The molecule has 0 fully saturated rings. The van der Waals surface area contributed by atoms with Gasteiger partial charge in [0.05, 0.1) is 0 Å². The number of ether oxygens (including phenoxy) is 1. The molecule has 0 radical (unpaired) electrons. The minimum Gasteiger partial charge on any atom is -0.464 e. The van der Waals surface area contributed by atoms with Crippen LogP contribution in [0.2, 0.25) is 0 Å². The van der Waals surface area contributed by atoms with Crippen molar-refractivity contribution < 1.29 is 9.53 Å². The molecule has 0 N–H and O–H groups in total. The molecule has 0 aliphatic carbocycles. The molecule has 0 heterocycles. The molecule has 0 amide bonds. The lowest BCUT2D eigenvalue weighted by Crippen LogP contribution is -2.20. The lowest BCUT2D eigenvalue weighted by atomic mass is 10.1. The average molecular weight is 297 g/mol. The first-order valence-electron chi connectivity index (χ1n) is 8.62. The molecule has 0 bridgehead atoms. The molecule has 124 valence electrons. The summed E-state index contributed by atoms with van der Waals surface area (Å²) in [5.41, 5.74) is 0. The van der Waals surface area contributed by atoms with E-state index in [0.29, 0.717) is 13.0 Å². The van der Waals surface area contributed by atoms with E-state index in [1.54, 1.807) is 0 Å². The van der Waals surface area contributed by atoms with Gasteiger partial charge in [0.1, 0.15) is 6.61 Å². The molecule has 3 heteroatoms. The van der Waals surface area contributed by atoms with Gasteiger partial charge in [-0.05, 0) is 39.8 Å². The van der Waals surface area contributed by atoms with Crippen molar-refractivity contribution in [3.8, 4) is 0 Å². The van der Waals surface area contributed by atoms with Gasteiger partial charge >= 0.3 is 5.97 Å². The van der Waals surface area contributed by atoms with Crippen molar-refractivity contribution in [1.82, 2.24) is 4.90 Å². The van der Waals surface area contributed by atoms with Crippen LogP contribution >= 0.6 is 0 Å². The number of allylic oxidation sites excluding steroid dienone is 2. The Kier molecular flexibility index (Phi) is 14.9. The molecule has 0 aromatic rings. The van der Waals surface area contributed by atoms with Crippen LogP contribution in [0.4, 0.5) is 0 Å². The average Bonchev–Trinajstić information content (AvgIpc) is 2.44. The van der Waals surface area contributed by atoms with Crippen LogP contribution in [0.1, 0.15) is 71.1 Å². The topological polar surface area (TPSA) is 29.5 Å². The first kappa shape index (κ1) is 20.2. The van der Waals surface area contributed by atoms with Crippen molar-refractivity contribution >= 4 is 5.97 Å². The summed E-state index contributed by atoms with van der Waals surface area (Å²) in [6.45, 7) is 3.54. The summed E-state index contributed by atoms with van der Waals surface area (Å²) in [6, 6.07) is 0. The second kappa shape index (κ2) is 15.6. The minimum absolute atomic E-state index is 0.0456. The maximum absolute atomic E-state index is 11.4. The zero-order valence-electron chi connectivity index (χ0n) is 14.4. The quantitative estimate of drug-likeness (QED) is 0.267. The minimum atomic E-state index is -0.0456. The Morgan fingerprint density at radius 1 is 0.952 bits per heavy atom. The first-order valence-corrected chi connectivity index (χ1v) is 8.62. The fraction of sp³-hybridized carbons (Fsp3) is 0.833. The van der Waals surface area contributed by atoms with Crippen molar-refractivity contribution in [3.05, 3.63) is 12.2 Å². The number of esters is 1. The van der Waals surface area contributed by atoms with Gasteiger partial charge < -0.3 is 9.64 Å². The number of likely N-dealkylation sites (N-methyl/N-ethyl adjacent to an activating group) is 1. The SMILES string of the molecule is CCCC/C=C/CCCCCCCC(=O)OCCN(C)C. The molecule has 0 aliphatic heterocycles. The Labute approximate surface area is 131 Å². The predicted molar refractivity (Wildman–Crippen MR) is 90.5 cm³/mol. The van der Waals surface area contributed by atoms with E-state index in [-0.39, 0.29) is 5.97 Å². The third kappa shape index (κ3) is 17.1. The molecule has 0 aromatic carbocycles. The number of carbonyl (C=O) groups is 1. The Morgan fingerprint density at radius 3 is 2.24 bits per heavy atom. The van der Waals surface area contributed by atoms with E-state index in [1.807, 2.05) is 19.0 Å². The van der Waals surface area contributed by atoms with Crippen LogP contribution < -0.4 is 0 Å². The summed E-state index contributed by atoms with van der Waals surface area (Å²) < 4.78 is 5.15. The number of carbonyl (C=O) groups excluding carboxylic acids is 1. The second-order valence-electron chi connectivity index (χ2n) is 5.94. The van der Waals surface area contributed by atoms with Crippen molar-refractivity contribution in [2.75, 3.05) is 27.2 Å². The molecule has 0 unspecified atom stereocenters. The first-order chi connectivity index (χ1) is 10.2. The van der Waals surface area contributed by atoms with Gasteiger partial charge in [-0.1, -0.05) is 51.2 Å². The maximum Gasteiger partial charge on any atom is 0.305 e. The molecule has 21 heavy (non-hydrogen) atoms. The zero-order chi connectivity index (χ0) is 15.8. The molecule has 0 aromatic heterocycles. The highest BCUT2D eigenvalue weighted by molar-refractivity contribution is 5.69. The van der Waals surface area contributed by atoms with Gasteiger partial charge in [-0.25, -0.2) is 0 Å². The summed E-state index contributed by atoms with van der Waals surface area (Å²) in [7, 11) is 3.96. The van der Waals surface area contributed by atoms with Gasteiger partial charge in [-0.3, -0.25) is 4.79 Å². The van der Waals surface area contributed by atoms with Crippen LogP contribution in [0.5, 0.6) is 0 Å². The molecule has 0 atom stereocenters. The third-order valence-electron chi connectivity index (χ3n) is 3.44. The number of hydrogen-bond donors (Lipinski definition) is 0. The predicted octanol–water partition coefficient (Wildman–Crippen LogP) is 4.57. The fourth-order valence-corrected chi connectivity index (χ4v) is 2.03. The summed E-state index contributed by atoms with van der Waals surface area (Å²) in [6.07, 6.45) is 16.1. The second-order valence-corrected chi connectivity index (χ2v) is 5.94. The van der Waals surface area contributed by atoms with Crippen molar-refractivity contribution in [2.24, 2.45) is 0 Å².